The summed E-state index contributed by atoms with van der Waals surface area (Å²) in [5.41, 5.74) is 2.51. The highest BCUT2D eigenvalue weighted by molar-refractivity contribution is 8.00. The van der Waals surface area contributed by atoms with Crippen molar-refractivity contribution in [3.8, 4) is 0 Å². The maximum absolute atomic E-state index is 13.0. The second-order valence-corrected chi connectivity index (χ2v) is 8.66. The molecular weight excluding hydrogens is 446 g/mol. The van der Waals surface area contributed by atoms with Crippen molar-refractivity contribution in [2.45, 2.75) is 17.5 Å². The van der Waals surface area contributed by atoms with Crippen LogP contribution in [0.15, 0.2) is 77.7 Å². The Bertz CT molecular complexity index is 1150. The van der Waals surface area contributed by atoms with E-state index in [9.17, 15) is 14.4 Å². The lowest BCUT2D eigenvalue weighted by Crippen LogP contribution is -2.40. The predicted octanol–water partition coefficient (Wildman–Crippen LogP) is 4.17. The fourth-order valence-electron chi connectivity index (χ4n) is 3.28. The number of thioether (sulfide) groups is 1. The molecule has 3 aromatic carbocycles. The second kappa shape index (κ2) is 9.89. The van der Waals surface area contributed by atoms with E-state index in [0.717, 1.165) is 10.5 Å². The molecular formula is C24H20ClN3O3S. The van der Waals surface area contributed by atoms with Gasteiger partial charge in [0, 0.05) is 22.0 Å². The smallest absolute Gasteiger partial charge is 0.252 e. The summed E-state index contributed by atoms with van der Waals surface area (Å²) in [6.07, 6.45) is 0. The number of nitrogens with one attached hydrogen (secondary N) is 3. The van der Waals surface area contributed by atoms with Crippen molar-refractivity contribution in [2.75, 3.05) is 11.1 Å². The van der Waals surface area contributed by atoms with Gasteiger partial charge >= 0.3 is 0 Å². The van der Waals surface area contributed by atoms with Crippen LogP contribution in [0.5, 0.6) is 0 Å². The number of amides is 3. The van der Waals surface area contributed by atoms with Crippen molar-refractivity contribution in [2.24, 2.45) is 0 Å². The summed E-state index contributed by atoms with van der Waals surface area (Å²) in [6.45, 7) is 0.303. The Morgan fingerprint density at radius 1 is 1.03 bits per heavy atom. The molecule has 6 nitrogen and oxygen atoms in total. The molecule has 3 amide bonds. The summed E-state index contributed by atoms with van der Waals surface area (Å²) in [5.74, 6) is -0.499. The summed E-state index contributed by atoms with van der Waals surface area (Å²) in [7, 11) is 0. The van der Waals surface area contributed by atoms with E-state index in [1.807, 2.05) is 30.3 Å². The van der Waals surface area contributed by atoms with Gasteiger partial charge in [-0.1, -0.05) is 54.1 Å². The number of carbonyl (C=O) groups excluding carboxylic acids is 3. The third kappa shape index (κ3) is 5.30. The lowest BCUT2D eigenvalue weighted by atomic mass is 10.0. The van der Waals surface area contributed by atoms with Crippen LogP contribution < -0.4 is 16.0 Å². The van der Waals surface area contributed by atoms with Crippen LogP contribution in [0, 0.1) is 0 Å². The lowest BCUT2D eigenvalue weighted by Gasteiger charge is -2.20. The molecule has 162 valence electrons. The van der Waals surface area contributed by atoms with Crippen molar-refractivity contribution < 1.29 is 14.4 Å². The Kier molecular flexibility index (Phi) is 6.78. The molecule has 4 rings (SSSR count). The molecule has 8 heteroatoms. The second-order valence-electron chi connectivity index (χ2n) is 7.21. The topological polar surface area (TPSA) is 87.3 Å². The van der Waals surface area contributed by atoms with Crippen LogP contribution in [-0.2, 0) is 16.1 Å². The average molecular weight is 466 g/mol. The minimum atomic E-state index is -0.879. The van der Waals surface area contributed by atoms with Crippen LogP contribution in [0.4, 0.5) is 5.69 Å². The summed E-state index contributed by atoms with van der Waals surface area (Å²) in [4.78, 5) is 38.6. The fraction of sp³-hybridized carbons (Fsp3) is 0.125. The number of anilines is 1. The van der Waals surface area contributed by atoms with E-state index in [2.05, 4.69) is 16.0 Å². The molecule has 1 atom stereocenters. The first kappa shape index (κ1) is 21.9. The van der Waals surface area contributed by atoms with Gasteiger partial charge in [-0.25, -0.2) is 0 Å². The highest BCUT2D eigenvalue weighted by Crippen LogP contribution is 2.32. The number of hydrogen-bond acceptors (Lipinski definition) is 4. The molecule has 0 bridgehead atoms. The van der Waals surface area contributed by atoms with Gasteiger partial charge in [-0.2, -0.15) is 0 Å². The third-order valence-corrected chi connectivity index (χ3v) is 6.25. The van der Waals surface area contributed by atoms with Crippen LogP contribution >= 0.6 is 23.4 Å². The van der Waals surface area contributed by atoms with Crippen LogP contribution in [0.1, 0.15) is 27.5 Å². The number of rotatable bonds is 6. The van der Waals surface area contributed by atoms with Gasteiger partial charge in [0.15, 0.2) is 0 Å². The Labute approximate surface area is 194 Å². The SMILES string of the molecule is O=C1CSc2ccc(C(=O)N[C@H](C(=O)NCc3ccc(Cl)cc3)c3ccccc3)cc2N1. The summed E-state index contributed by atoms with van der Waals surface area (Å²) >= 11 is 7.34. The molecule has 0 saturated carbocycles. The highest BCUT2D eigenvalue weighted by Gasteiger charge is 2.24. The average Bonchev–Trinajstić information content (AvgIpc) is 2.82. The van der Waals surface area contributed by atoms with Gasteiger partial charge in [0.1, 0.15) is 6.04 Å². The highest BCUT2D eigenvalue weighted by atomic mass is 35.5. The standard InChI is InChI=1S/C24H20ClN3O3S/c25-18-9-6-15(7-10-18)13-26-24(31)22(16-4-2-1-3-5-16)28-23(30)17-8-11-20-19(12-17)27-21(29)14-32-20/h1-12,22H,13-14H2,(H,26,31)(H,27,29)(H,28,30)/t22-/m0/s1. The van der Waals surface area contributed by atoms with Gasteiger partial charge in [0.05, 0.1) is 11.4 Å². The summed E-state index contributed by atoms with van der Waals surface area (Å²) < 4.78 is 0. The molecule has 0 saturated heterocycles. The molecule has 0 radical (unpaired) electrons. The van der Waals surface area contributed by atoms with E-state index in [0.29, 0.717) is 34.1 Å². The fourth-order valence-corrected chi connectivity index (χ4v) is 4.19. The molecule has 32 heavy (non-hydrogen) atoms. The first-order valence-electron chi connectivity index (χ1n) is 9.94. The van der Waals surface area contributed by atoms with E-state index in [-0.39, 0.29) is 11.8 Å². The monoisotopic (exact) mass is 465 g/mol. The first-order chi connectivity index (χ1) is 15.5. The van der Waals surface area contributed by atoms with E-state index < -0.39 is 11.9 Å². The summed E-state index contributed by atoms with van der Waals surface area (Å²) in [5, 5.41) is 9.09. The maximum atomic E-state index is 13.0. The van der Waals surface area contributed by atoms with E-state index >= 15 is 0 Å². The molecule has 1 aliphatic heterocycles. The molecule has 3 aromatic rings. The van der Waals surface area contributed by atoms with E-state index in [1.165, 1.54) is 11.8 Å². The minimum absolute atomic E-state index is 0.108. The first-order valence-corrected chi connectivity index (χ1v) is 11.3. The number of hydrogen-bond donors (Lipinski definition) is 3. The summed E-state index contributed by atoms with van der Waals surface area (Å²) in [6, 6.07) is 20.5. The number of halogens is 1. The molecule has 1 heterocycles. The predicted molar refractivity (Wildman–Crippen MR) is 126 cm³/mol. The van der Waals surface area contributed by atoms with E-state index in [1.54, 1.807) is 42.5 Å². The normalized spacial score (nSPS) is 13.5. The molecule has 1 aliphatic rings. The number of carbonyl (C=O) groups is 3. The quantitative estimate of drug-likeness (QED) is 0.510. The Balaban J connectivity index is 1.51. The zero-order valence-corrected chi connectivity index (χ0v) is 18.5. The molecule has 0 spiro atoms. The maximum Gasteiger partial charge on any atom is 0.252 e. The van der Waals surface area contributed by atoms with Crippen molar-refractivity contribution in [1.29, 1.82) is 0 Å². The van der Waals surface area contributed by atoms with Crippen LogP contribution in [0.25, 0.3) is 0 Å². The molecule has 0 aliphatic carbocycles. The van der Waals surface area contributed by atoms with Crippen LogP contribution in [-0.4, -0.2) is 23.5 Å². The molecule has 0 unspecified atom stereocenters. The molecule has 0 fully saturated rings. The van der Waals surface area contributed by atoms with Gasteiger partial charge < -0.3 is 16.0 Å². The molecule has 3 N–H and O–H groups in total. The van der Waals surface area contributed by atoms with Gasteiger partial charge in [0.2, 0.25) is 11.8 Å². The van der Waals surface area contributed by atoms with Gasteiger partial charge in [-0.05, 0) is 41.5 Å². The zero-order valence-electron chi connectivity index (χ0n) is 16.9. The van der Waals surface area contributed by atoms with Gasteiger partial charge in [0.25, 0.3) is 5.91 Å². The van der Waals surface area contributed by atoms with Crippen molar-refractivity contribution in [3.63, 3.8) is 0 Å². The zero-order chi connectivity index (χ0) is 22.5. The van der Waals surface area contributed by atoms with Crippen molar-refractivity contribution in [3.05, 3.63) is 94.5 Å². The Hall–Kier alpha value is -3.29. The van der Waals surface area contributed by atoms with Crippen molar-refractivity contribution >= 4 is 46.8 Å². The molecule has 0 aromatic heterocycles. The van der Waals surface area contributed by atoms with Gasteiger partial charge in [-0.3, -0.25) is 14.4 Å². The number of benzene rings is 3. The third-order valence-electron chi connectivity index (χ3n) is 4.93. The number of fused-ring (bicyclic) bond motifs is 1. The Morgan fingerprint density at radius 3 is 2.53 bits per heavy atom. The largest absolute Gasteiger partial charge is 0.350 e. The van der Waals surface area contributed by atoms with Crippen LogP contribution in [0.2, 0.25) is 5.02 Å². The minimum Gasteiger partial charge on any atom is -0.350 e. The van der Waals surface area contributed by atoms with Crippen LogP contribution in [0.3, 0.4) is 0 Å². The Morgan fingerprint density at radius 2 is 1.78 bits per heavy atom. The van der Waals surface area contributed by atoms with Crippen molar-refractivity contribution in [1.82, 2.24) is 10.6 Å². The lowest BCUT2D eigenvalue weighted by molar-refractivity contribution is -0.123. The van der Waals surface area contributed by atoms with E-state index in [4.69, 9.17) is 11.6 Å². The van der Waals surface area contributed by atoms with Gasteiger partial charge in [-0.15, -0.1) is 11.8 Å².